The van der Waals surface area contributed by atoms with Crippen molar-refractivity contribution in [1.82, 2.24) is 5.32 Å². The monoisotopic (exact) mass is 214 g/mol. The SMILES string of the molecule is CC1CN=C(NC(C)C(C)(C)C)SC1. The molecule has 0 fully saturated rings. The van der Waals surface area contributed by atoms with Gasteiger partial charge in [0, 0.05) is 18.3 Å². The van der Waals surface area contributed by atoms with Gasteiger partial charge in [-0.1, -0.05) is 39.5 Å². The molecular weight excluding hydrogens is 192 g/mol. The van der Waals surface area contributed by atoms with Gasteiger partial charge in [0.1, 0.15) is 0 Å². The average Bonchev–Trinajstić information content (AvgIpc) is 2.07. The first-order chi connectivity index (χ1) is 6.39. The van der Waals surface area contributed by atoms with Crippen molar-refractivity contribution in [2.45, 2.75) is 40.7 Å². The van der Waals surface area contributed by atoms with Crippen LogP contribution in [-0.2, 0) is 0 Å². The highest BCUT2D eigenvalue weighted by atomic mass is 32.2. The highest BCUT2D eigenvalue weighted by molar-refractivity contribution is 8.13. The van der Waals surface area contributed by atoms with Gasteiger partial charge in [-0.15, -0.1) is 0 Å². The van der Waals surface area contributed by atoms with E-state index in [1.54, 1.807) is 0 Å². The predicted molar refractivity (Wildman–Crippen MR) is 66.0 cm³/mol. The quantitative estimate of drug-likeness (QED) is 0.726. The second kappa shape index (κ2) is 4.56. The smallest absolute Gasteiger partial charge is 0.156 e. The molecule has 2 atom stereocenters. The van der Waals surface area contributed by atoms with Crippen LogP contribution < -0.4 is 5.32 Å². The summed E-state index contributed by atoms with van der Waals surface area (Å²) in [7, 11) is 0. The minimum absolute atomic E-state index is 0.298. The fraction of sp³-hybridized carbons (Fsp3) is 0.909. The van der Waals surface area contributed by atoms with E-state index in [1.807, 2.05) is 11.8 Å². The molecule has 0 saturated heterocycles. The minimum Gasteiger partial charge on any atom is -0.362 e. The van der Waals surface area contributed by atoms with Crippen LogP contribution in [0.5, 0.6) is 0 Å². The lowest BCUT2D eigenvalue weighted by atomic mass is 9.88. The summed E-state index contributed by atoms with van der Waals surface area (Å²) in [4.78, 5) is 4.53. The van der Waals surface area contributed by atoms with Gasteiger partial charge in [0.15, 0.2) is 5.17 Å². The van der Waals surface area contributed by atoms with Gasteiger partial charge in [-0.05, 0) is 18.3 Å². The van der Waals surface area contributed by atoms with Crippen molar-refractivity contribution < 1.29 is 0 Å². The maximum Gasteiger partial charge on any atom is 0.156 e. The average molecular weight is 214 g/mol. The van der Waals surface area contributed by atoms with E-state index in [0.29, 0.717) is 11.5 Å². The summed E-state index contributed by atoms with van der Waals surface area (Å²) < 4.78 is 0. The minimum atomic E-state index is 0.298. The molecule has 2 unspecified atom stereocenters. The van der Waals surface area contributed by atoms with Crippen molar-refractivity contribution in [3.8, 4) is 0 Å². The van der Waals surface area contributed by atoms with E-state index in [-0.39, 0.29) is 0 Å². The number of nitrogens with one attached hydrogen (secondary N) is 1. The molecule has 82 valence electrons. The van der Waals surface area contributed by atoms with E-state index >= 15 is 0 Å². The summed E-state index contributed by atoms with van der Waals surface area (Å²) in [5.41, 5.74) is 0.298. The summed E-state index contributed by atoms with van der Waals surface area (Å²) in [5.74, 6) is 1.93. The molecule has 1 aliphatic rings. The van der Waals surface area contributed by atoms with Crippen LogP contribution in [-0.4, -0.2) is 23.5 Å². The number of rotatable bonds is 1. The summed E-state index contributed by atoms with van der Waals surface area (Å²) in [5, 5.41) is 4.62. The van der Waals surface area contributed by atoms with Crippen LogP contribution in [0.1, 0.15) is 34.6 Å². The second-order valence-corrected chi connectivity index (χ2v) is 6.30. The Balaban J connectivity index is 2.45. The molecule has 0 aromatic heterocycles. The fourth-order valence-corrected chi connectivity index (χ4v) is 2.02. The van der Waals surface area contributed by atoms with Gasteiger partial charge >= 0.3 is 0 Å². The molecule has 1 heterocycles. The topological polar surface area (TPSA) is 24.4 Å². The van der Waals surface area contributed by atoms with Gasteiger partial charge in [0.2, 0.25) is 0 Å². The number of hydrogen-bond acceptors (Lipinski definition) is 3. The summed E-state index contributed by atoms with van der Waals surface area (Å²) in [6.07, 6.45) is 0. The molecule has 1 aliphatic heterocycles. The molecule has 0 spiro atoms. The van der Waals surface area contributed by atoms with Crippen LogP contribution in [0.2, 0.25) is 0 Å². The number of thioether (sulfide) groups is 1. The molecule has 1 rings (SSSR count). The van der Waals surface area contributed by atoms with E-state index in [0.717, 1.165) is 17.6 Å². The van der Waals surface area contributed by atoms with Crippen LogP contribution >= 0.6 is 11.8 Å². The molecule has 0 bridgehead atoms. The third-order valence-electron chi connectivity index (χ3n) is 2.69. The summed E-state index contributed by atoms with van der Waals surface area (Å²) in [6, 6.07) is 0.474. The maximum atomic E-state index is 4.53. The van der Waals surface area contributed by atoms with E-state index < -0.39 is 0 Å². The normalized spacial score (nSPS) is 25.5. The first-order valence-electron chi connectivity index (χ1n) is 5.33. The second-order valence-electron chi connectivity index (χ2n) is 5.29. The van der Waals surface area contributed by atoms with Crippen LogP contribution in [0, 0.1) is 11.3 Å². The Morgan fingerprint density at radius 1 is 1.50 bits per heavy atom. The van der Waals surface area contributed by atoms with Crippen molar-refractivity contribution >= 4 is 16.9 Å². The van der Waals surface area contributed by atoms with Crippen molar-refractivity contribution in [3.63, 3.8) is 0 Å². The molecule has 14 heavy (non-hydrogen) atoms. The van der Waals surface area contributed by atoms with Crippen molar-refractivity contribution in [1.29, 1.82) is 0 Å². The zero-order valence-corrected chi connectivity index (χ0v) is 10.7. The molecule has 0 amide bonds. The van der Waals surface area contributed by atoms with Gasteiger partial charge < -0.3 is 5.32 Å². The number of aliphatic imine (C=N–C) groups is 1. The number of hydrogen-bond donors (Lipinski definition) is 1. The highest BCUT2D eigenvalue weighted by Gasteiger charge is 2.22. The summed E-state index contributed by atoms with van der Waals surface area (Å²) >= 11 is 1.85. The third-order valence-corrected chi connectivity index (χ3v) is 3.95. The van der Waals surface area contributed by atoms with Crippen LogP contribution in [0.3, 0.4) is 0 Å². The molecule has 0 aromatic rings. The number of nitrogens with zero attached hydrogens (tertiary/aromatic N) is 1. The maximum absolute atomic E-state index is 4.53. The first-order valence-corrected chi connectivity index (χ1v) is 6.32. The van der Waals surface area contributed by atoms with E-state index in [2.05, 4.69) is 44.9 Å². The van der Waals surface area contributed by atoms with Crippen LogP contribution in [0.4, 0.5) is 0 Å². The third kappa shape index (κ3) is 3.52. The Morgan fingerprint density at radius 3 is 2.57 bits per heavy atom. The lowest BCUT2D eigenvalue weighted by molar-refractivity contribution is 0.317. The highest BCUT2D eigenvalue weighted by Crippen LogP contribution is 2.21. The Bertz CT molecular complexity index is 218. The van der Waals surface area contributed by atoms with Crippen molar-refractivity contribution in [2.24, 2.45) is 16.3 Å². The predicted octanol–water partition coefficient (Wildman–Crippen LogP) is 2.75. The molecule has 0 saturated carbocycles. The standard InChI is InChI=1S/C11H22N2S/c1-8-6-12-10(14-7-8)13-9(2)11(3,4)5/h8-9H,6-7H2,1-5H3,(H,12,13). The Kier molecular flexibility index (Phi) is 3.87. The molecule has 0 aliphatic carbocycles. The van der Waals surface area contributed by atoms with Gasteiger partial charge in [-0.3, -0.25) is 4.99 Å². The fourth-order valence-electron chi connectivity index (χ4n) is 1.05. The van der Waals surface area contributed by atoms with E-state index in [4.69, 9.17) is 0 Å². The van der Waals surface area contributed by atoms with E-state index in [1.165, 1.54) is 5.75 Å². The Hall–Kier alpha value is -0.180. The first kappa shape index (κ1) is 11.9. The molecule has 0 radical (unpaired) electrons. The lowest BCUT2D eigenvalue weighted by Gasteiger charge is -2.30. The van der Waals surface area contributed by atoms with Crippen LogP contribution in [0.25, 0.3) is 0 Å². The van der Waals surface area contributed by atoms with Gasteiger partial charge in [-0.25, -0.2) is 0 Å². The van der Waals surface area contributed by atoms with Crippen molar-refractivity contribution in [3.05, 3.63) is 0 Å². The molecule has 1 N–H and O–H groups in total. The van der Waals surface area contributed by atoms with Crippen LogP contribution in [0.15, 0.2) is 4.99 Å². The largest absolute Gasteiger partial charge is 0.362 e. The van der Waals surface area contributed by atoms with E-state index in [9.17, 15) is 0 Å². The molecule has 0 aromatic carbocycles. The Labute approximate surface area is 92.0 Å². The molecule has 3 heteroatoms. The lowest BCUT2D eigenvalue weighted by Crippen LogP contribution is -2.41. The molecular formula is C11H22N2S. The summed E-state index contributed by atoms with van der Waals surface area (Å²) in [6.45, 7) is 12.2. The number of amidine groups is 1. The van der Waals surface area contributed by atoms with Gasteiger partial charge in [0.05, 0.1) is 0 Å². The van der Waals surface area contributed by atoms with Crippen molar-refractivity contribution in [2.75, 3.05) is 12.3 Å². The molecule has 2 nitrogen and oxygen atoms in total. The van der Waals surface area contributed by atoms with Gasteiger partial charge in [-0.2, -0.15) is 0 Å². The zero-order chi connectivity index (χ0) is 10.8. The Morgan fingerprint density at radius 2 is 2.14 bits per heavy atom. The van der Waals surface area contributed by atoms with Gasteiger partial charge in [0.25, 0.3) is 0 Å². The zero-order valence-electron chi connectivity index (χ0n) is 9.92.